The molecule has 2 aromatic rings. The van der Waals surface area contributed by atoms with E-state index in [1.54, 1.807) is 0 Å². The highest BCUT2D eigenvalue weighted by Gasteiger charge is 2.19. The van der Waals surface area contributed by atoms with Crippen molar-refractivity contribution >= 4 is 11.6 Å². The molecular weight excluding hydrogens is 282 g/mol. The zero-order valence-electron chi connectivity index (χ0n) is 12.7. The van der Waals surface area contributed by atoms with Gasteiger partial charge in [0.1, 0.15) is 5.75 Å². The van der Waals surface area contributed by atoms with E-state index in [0.717, 1.165) is 29.4 Å². The molecule has 3 rings (SSSR count). The third-order valence-corrected chi connectivity index (χ3v) is 4.60. The Balaban J connectivity index is 2.04. The molecule has 21 heavy (non-hydrogen) atoms. The second-order valence-corrected chi connectivity index (χ2v) is 6.05. The van der Waals surface area contributed by atoms with Gasteiger partial charge in [-0.15, -0.1) is 0 Å². The monoisotopic (exact) mass is 301 g/mol. The van der Waals surface area contributed by atoms with E-state index < -0.39 is 0 Å². The van der Waals surface area contributed by atoms with Crippen molar-refractivity contribution in [3.8, 4) is 5.75 Å². The largest absolute Gasteiger partial charge is 0.493 e. The van der Waals surface area contributed by atoms with Crippen LogP contribution in [-0.2, 0) is 6.42 Å². The summed E-state index contributed by atoms with van der Waals surface area (Å²) in [6.07, 6.45) is 0.998. The standard InChI is InChI=1S/C18H20ClNO/c1-11-9-16(19)12(2)8-15(11)18(20-3)14-4-5-17-13(10-14)6-7-21-17/h4-5,8-10,18,20H,6-7H2,1-3H3. The van der Waals surface area contributed by atoms with Crippen LogP contribution >= 0.6 is 11.6 Å². The van der Waals surface area contributed by atoms with Crippen molar-refractivity contribution in [3.63, 3.8) is 0 Å². The van der Waals surface area contributed by atoms with E-state index in [2.05, 4.69) is 43.4 Å². The Morgan fingerprint density at radius 3 is 2.71 bits per heavy atom. The third-order valence-electron chi connectivity index (χ3n) is 4.19. The van der Waals surface area contributed by atoms with Crippen LogP contribution in [0.5, 0.6) is 5.75 Å². The highest BCUT2D eigenvalue weighted by Crippen LogP contribution is 2.33. The molecule has 110 valence electrons. The summed E-state index contributed by atoms with van der Waals surface area (Å²) in [6.45, 7) is 4.96. The number of hydrogen-bond donors (Lipinski definition) is 1. The molecule has 0 bridgehead atoms. The molecule has 1 unspecified atom stereocenters. The number of rotatable bonds is 3. The molecule has 0 spiro atoms. The van der Waals surface area contributed by atoms with Crippen LogP contribution in [0.25, 0.3) is 0 Å². The maximum atomic E-state index is 6.22. The second kappa shape index (κ2) is 5.70. The van der Waals surface area contributed by atoms with Crippen LogP contribution in [0.4, 0.5) is 0 Å². The molecule has 0 fully saturated rings. The van der Waals surface area contributed by atoms with Crippen molar-refractivity contribution in [2.24, 2.45) is 0 Å². The van der Waals surface area contributed by atoms with Crippen molar-refractivity contribution in [2.45, 2.75) is 26.3 Å². The molecule has 1 N–H and O–H groups in total. The van der Waals surface area contributed by atoms with E-state index >= 15 is 0 Å². The molecule has 1 atom stereocenters. The molecule has 0 radical (unpaired) electrons. The third kappa shape index (κ3) is 2.66. The van der Waals surface area contributed by atoms with Crippen molar-refractivity contribution < 1.29 is 4.74 Å². The summed E-state index contributed by atoms with van der Waals surface area (Å²) in [5.74, 6) is 1.03. The lowest BCUT2D eigenvalue weighted by atomic mass is 9.92. The first-order valence-corrected chi connectivity index (χ1v) is 7.67. The Morgan fingerprint density at radius 2 is 1.95 bits per heavy atom. The molecule has 1 aliphatic rings. The predicted octanol–water partition coefficient (Wildman–Crippen LogP) is 4.20. The van der Waals surface area contributed by atoms with E-state index in [-0.39, 0.29) is 6.04 Å². The molecule has 2 nitrogen and oxygen atoms in total. The van der Waals surface area contributed by atoms with Crippen LogP contribution in [-0.4, -0.2) is 13.7 Å². The van der Waals surface area contributed by atoms with Crippen molar-refractivity contribution in [2.75, 3.05) is 13.7 Å². The fraction of sp³-hybridized carbons (Fsp3) is 0.333. The van der Waals surface area contributed by atoms with Gasteiger partial charge >= 0.3 is 0 Å². The summed E-state index contributed by atoms with van der Waals surface area (Å²) in [5.41, 5.74) is 6.17. The molecule has 0 saturated carbocycles. The van der Waals surface area contributed by atoms with Crippen LogP contribution in [0.15, 0.2) is 30.3 Å². The first-order chi connectivity index (χ1) is 10.1. The molecule has 0 amide bonds. The summed E-state index contributed by atoms with van der Waals surface area (Å²) in [5, 5.41) is 4.26. The van der Waals surface area contributed by atoms with Crippen LogP contribution in [0.3, 0.4) is 0 Å². The van der Waals surface area contributed by atoms with Gasteiger partial charge in [0.05, 0.1) is 12.6 Å². The Labute approximate surface area is 131 Å². The minimum atomic E-state index is 0.173. The minimum Gasteiger partial charge on any atom is -0.493 e. The smallest absolute Gasteiger partial charge is 0.122 e. The lowest BCUT2D eigenvalue weighted by Crippen LogP contribution is -2.19. The fourth-order valence-corrected chi connectivity index (χ4v) is 3.22. The van der Waals surface area contributed by atoms with Crippen molar-refractivity contribution in [1.29, 1.82) is 0 Å². The van der Waals surface area contributed by atoms with Crippen LogP contribution in [0.1, 0.15) is 33.9 Å². The topological polar surface area (TPSA) is 21.3 Å². The van der Waals surface area contributed by atoms with Gasteiger partial charge in [-0.1, -0.05) is 29.8 Å². The highest BCUT2D eigenvalue weighted by molar-refractivity contribution is 6.31. The van der Waals surface area contributed by atoms with E-state index in [9.17, 15) is 0 Å². The average molecular weight is 302 g/mol. The lowest BCUT2D eigenvalue weighted by molar-refractivity contribution is 0.357. The maximum absolute atomic E-state index is 6.22. The molecule has 0 saturated heterocycles. The summed E-state index contributed by atoms with van der Waals surface area (Å²) in [4.78, 5) is 0. The molecule has 0 aromatic heterocycles. The number of halogens is 1. The first-order valence-electron chi connectivity index (χ1n) is 7.29. The molecule has 0 aliphatic carbocycles. The number of aryl methyl sites for hydroxylation is 2. The van der Waals surface area contributed by atoms with Gasteiger partial charge in [0, 0.05) is 11.4 Å². The van der Waals surface area contributed by atoms with Crippen molar-refractivity contribution in [3.05, 3.63) is 63.2 Å². The maximum Gasteiger partial charge on any atom is 0.122 e. The Hall–Kier alpha value is -1.51. The summed E-state index contributed by atoms with van der Waals surface area (Å²) < 4.78 is 5.59. The van der Waals surface area contributed by atoms with Gasteiger partial charge in [0.15, 0.2) is 0 Å². The summed E-state index contributed by atoms with van der Waals surface area (Å²) in [6, 6.07) is 10.9. The Bertz CT molecular complexity index is 681. The lowest BCUT2D eigenvalue weighted by Gasteiger charge is -2.21. The fourth-order valence-electron chi connectivity index (χ4n) is 3.00. The molecular formula is C18H20ClNO. The predicted molar refractivity (Wildman–Crippen MR) is 87.5 cm³/mol. The number of ether oxygens (including phenoxy) is 1. The van der Waals surface area contributed by atoms with Gasteiger partial charge < -0.3 is 10.1 Å². The second-order valence-electron chi connectivity index (χ2n) is 5.65. The molecule has 3 heteroatoms. The van der Waals surface area contributed by atoms with Gasteiger partial charge in [0.2, 0.25) is 0 Å². The zero-order valence-corrected chi connectivity index (χ0v) is 13.4. The van der Waals surface area contributed by atoms with Gasteiger partial charge in [-0.2, -0.15) is 0 Å². The molecule has 1 aliphatic heterocycles. The number of benzene rings is 2. The van der Waals surface area contributed by atoms with Crippen LogP contribution < -0.4 is 10.1 Å². The van der Waals surface area contributed by atoms with Crippen molar-refractivity contribution in [1.82, 2.24) is 5.32 Å². The summed E-state index contributed by atoms with van der Waals surface area (Å²) in [7, 11) is 2.00. The Kier molecular flexibility index (Phi) is 3.92. The average Bonchev–Trinajstić information content (AvgIpc) is 2.92. The van der Waals surface area contributed by atoms with Gasteiger partial charge in [-0.3, -0.25) is 0 Å². The van der Waals surface area contributed by atoms with Gasteiger partial charge in [-0.05, 0) is 60.8 Å². The van der Waals surface area contributed by atoms with E-state index in [1.807, 2.05) is 13.1 Å². The zero-order chi connectivity index (χ0) is 15.0. The van der Waals surface area contributed by atoms with Gasteiger partial charge in [-0.25, -0.2) is 0 Å². The van der Waals surface area contributed by atoms with Crippen LogP contribution in [0, 0.1) is 13.8 Å². The number of fused-ring (bicyclic) bond motifs is 1. The van der Waals surface area contributed by atoms with E-state index in [0.29, 0.717) is 0 Å². The first kappa shape index (κ1) is 14.4. The normalized spacial score (nSPS) is 14.7. The number of hydrogen-bond acceptors (Lipinski definition) is 2. The highest BCUT2D eigenvalue weighted by atomic mass is 35.5. The van der Waals surface area contributed by atoms with Crippen LogP contribution in [0.2, 0.25) is 5.02 Å². The van der Waals surface area contributed by atoms with E-state index in [4.69, 9.17) is 16.3 Å². The number of nitrogens with one attached hydrogen (secondary N) is 1. The molecule has 1 heterocycles. The quantitative estimate of drug-likeness (QED) is 0.917. The Morgan fingerprint density at radius 1 is 1.14 bits per heavy atom. The SMILES string of the molecule is CNC(c1ccc2c(c1)CCO2)c1cc(C)c(Cl)cc1C. The van der Waals surface area contributed by atoms with Gasteiger partial charge in [0.25, 0.3) is 0 Å². The molecule has 2 aromatic carbocycles. The summed E-state index contributed by atoms with van der Waals surface area (Å²) >= 11 is 6.22. The minimum absolute atomic E-state index is 0.173. The van der Waals surface area contributed by atoms with E-state index in [1.165, 1.54) is 22.3 Å².